The number of aromatic nitrogens is 3. The average molecular weight is 272 g/mol. The lowest BCUT2D eigenvalue weighted by Gasteiger charge is -2.17. The van der Waals surface area contributed by atoms with Crippen molar-refractivity contribution in [2.75, 3.05) is 13.2 Å². The summed E-state index contributed by atoms with van der Waals surface area (Å²) in [5, 5.41) is 7.71. The molecule has 0 amide bonds. The first-order valence-electron chi connectivity index (χ1n) is 7.03. The fourth-order valence-corrected chi connectivity index (χ4v) is 2.69. The van der Waals surface area contributed by atoms with Crippen LogP contribution in [0.1, 0.15) is 23.8 Å². The Morgan fingerprint density at radius 2 is 2.40 bits per heavy atom. The number of nitrogens with one attached hydrogen (secondary N) is 1. The van der Waals surface area contributed by atoms with Crippen molar-refractivity contribution in [3.05, 3.63) is 48.0 Å². The summed E-state index contributed by atoms with van der Waals surface area (Å²) in [6.07, 6.45) is 7.03. The maximum absolute atomic E-state index is 5.86. The van der Waals surface area contributed by atoms with Gasteiger partial charge in [-0.1, -0.05) is 6.07 Å². The first kappa shape index (κ1) is 13.3. The molecule has 3 rings (SSSR count). The van der Waals surface area contributed by atoms with Crippen molar-refractivity contribution in [1.29, 1.82) is 0 Å². The summed E-state index contributed by atoms with van der Waals surface area (Å²) in [5.41, 5.74) is 2.25. The maximum atomic E-state index is 5.86. The number of rotatable bonds is 5. The summed E-state index contributed by atoms with van der Waals surface area (Å²) in [6, 6.07) is 5.99. The lowest BCUT2D eigenvalue weighted by Crippen LogP contribution is -2.24. The van der Waals surface area contributed by atoms with E-state index in [2.05, 4.69) is 15.4 Å². The minimum atomic E-state index is 0.167. The normalized spacial score (nSPS) is 22.2. The largest absolute Gasteiger partial charge is 0.373 e. The smallest absolute Gasteiger partial charge is 0.0896 e. The van der Waals surface area contributed by atoms with Crippen LogP contribution < -0.4 is 5.32 Å². The van der Waals surface area contributed by atoms with Gasteiger partial charge in [0.05, 0.1) is 18.0 Å². The van der Waals surface area contributed by atoms with E-state index in [1.165, 1.54) is 5.56 Å². The predicted molar refractivity (Wildman–Crippen MR) is 76.0 cm³/mol. The van der Waals surface area contributed by atoms with Gasteiger partial charge in [0.2, 0.25) is 0 Å². The minimum Gasteiger partial charge on any atom is -0.373 e. The Kier molecular flexibility index (Phi) is 4.08. The zero-order valence-corrected chi connectivity index (χ0v) is 11.7. The SMILES string of the molecule is Cn1cc(C2OCCC2CNCc2ccccn2)cn1. The molecule has 2 aromatic rings. The number of aryl methyl sites for hydroxylation is 1. The van der Waals surface area contributed by atoms with Gasteiger partial charge >= 0.3 is 0 Å². The molecule has 2 aromatic heterocycles. The van der Waals surface area contributed by atoms with Crippen LogP contribution in [0.5, 0.6) is 0 Å². The van der Waals surface area contributed by atoms with E-state index >= 15 is 0 Å². The van der Waals surface area contributed by atoms with Crippen molar-refractivity contribution in [3.8, 4) is 0 Å². The highest BCUT2D eigenvalue weighted by molar-refractivity contribution is 5.11. The second-order valence-electron chi connectivity index (χ2n) is 5.24. The van der Waals surface area contributed by atoms with E-state index in [0.717, 1.165) is 31.8 Å². The zero-order chi connectivity index (χ0) is 13.8. The van der Waals surface area contributed by atoms with Gasteiger partial charge in [-0.3, -0.25) is 9.67 Å². The standard InChI is InChI=1S/C15H20N4O/c1-19-11-13(9-18-19)15-12(5-7-20-15)8-16-10-14-4-2-3-6-17-14/h2-4,6,9,11-12,15-16H,5,7-8,10H2,1H3. The van der Waals surface area contributed by atoms with Gasteiger partial charge in [0.25, 0.3) is 0 Å². The van der Waals surface area contributed by atoms with E-state index in [0.29, 0.717) is 5.92 Å². The zero-order valence-electron chi connectivity index (χ0n) is 11.7. The van der Waals surface area contributed by atoms with E-state index in [-0.39, 0.29) is 6.10 Å². The molecule has 3 heterocycles. The van der Waals surface area contributed by atoms with Crippen LogP contribution in [0.2, 0.25) is 0 Å². The van der Waals surface area contributed by atoms with E-state index < -0.39 is 0 Å². The second-order valence-corrected chi connectivity index (χ2v) is 5.24. The molecule has 1 aliphatic rings. The molecule has 0 radical (unpaired) electrons. The van der Waals surface area contributed by atoms with Crippen molar-refractivity contribution in [2.24, 2.45) is 13.0 Å². The van der Waals surface area contributed by atoms with Crippen LogP contribution in [0.25, 0.3) is 0 Å². The Balaban J connectivity index is 1.54. The third-order valence-corrected chi connectivity index (χ3v) is 3.71. The number of hydrogen-bond acceptors (Lipinski definition) is 4. The molecule has 0 aliphatic carbocycles. The fraction of sp³-hybridized carbons (Fsp3) is 0.467. The predicted octanol–water partition coefficient (Wildman–Crippen LogP) is 1.68. The summed E-state index contributed by atoms with van der Waals surface area (Å²) in [4.78, 5) is 4.32. The molecule has 1 aliphatic heterocycles. The number of pyridine rings is 1. The van der Waals surface area contributed by atoms with Crippen molar-refractivity contribution in [1.82, 2.24) is 20.1 Å². The van der Waals surface area contributed by atoms with E-state index in [4.69, 9.17) is 4.74 Å². The summed E-state index contributed by atoms with van der Waals surface area (Å²) in [6.45, 7) is 2.57. The van der Waals surface area contributed by atoms with Gasteiger partial charge in [-0.15, -0.1) is 0 Å². The maximum Gasteiger partial charge on any atom is 0.0896 e. The molecule has 1 fully saturated rings. The molecule has 1 saturated heterocycles. The van der Waals surface area contributed by atoms with E-state index in [9.17, 15) is 0 Å². The van der Waals surface area contributed by atoms with Gasteiger partial charge in [0, 0.05) is 50.6 Å². The number of ether oxygens (including phenoxy) is 1. The first-order chi connectivity index (χ1) is 9.83. The van der Waals surface area contributed by atoms with Gasteiger partial charge < -0.3 is 10.1 Å². The summed E-state index contributed by atoms with van der Waals surface area (Å²) >= 11 is 0. The number of nitrogens with zero attached hydrogens (tertiary/aromatic N) is 3. The molecule has 5 heteroatoms. The molecule has 5 nitrogen and oxygen atoms in total. The summed E-state index contributed by atoms with van der Waals surface area (Å²) < 4.78 is 7.69. The average Bonchev–Trinajstić information content (AvgIpc) is 3.09. The molecular formula is C15H20N4O. The summed E-state index contributed by atoms with van der Waals surface area (Å²) in [7, 11) is 1.94. The lowest BCUT2D eigenvalue weighted by atomic mass is 9.97. The molecule has 2 unspecified atom stereocenters. The van der Waals surface area contributed by atoms with Gasteiger partial charge in [-0.2, -0.15) is 5.10 Å². The Bertz CT molecular complexity index is 540. The Morgan fingerprint density at radius 3 is 3.15 bits per heavy atom. The van der Waals surface area contributed by atoms with Gasteiger partial charge in [-0.25, -0.2) is 0 Å². The molecule has 106 valence electrons. The van der Waals surface area contributed by atoms with Crippen LogP contribution in [0.15, 0.2) is 36.8 Å². The molecule has 0 saturated carbocycles. The van der Waals surface area contributed by atoms with Crippen LogP contribution in [0, 0.1) is 5.92 Å². The quantitative estimate of drug-likeness (QED) is 0.900. The van der Waals surface area contributed by atoms with Gasteiger partial charge in [0.1, 0.15) is 0 Å². The number of hydrogen-bond donors (Lipinski definition) is 1. The van der Waals surface area contributed by atoms with Gasteiger partial charge in [0.15, 0.2) is 0 Å². The van der Waals surface area contributed by atoms with Crippen molar-refractivity contribution in [2.45, 2.75) is 19.1 Å². The molecule has 0 aromatic carbocycles. The summed E-state index contributed by atoms with van der Waals surface area (Å²) in [5.74, 6) is 0.503. The van der Waals surface area contributed by atoms with Crippen molar-refractivity contribution >= 4 is 0 Å². The van der Waals surface area contributed by atoms with Crippen LogP contribution in [0.3, 0.4) is 0 Å². The minimum absolute atomic E-state index is 0.167. The van der Waals surface area contributed by atoms with Crippen LogP contribution in [0.4, 0.5) is 0 Å². The first-order valence-corrected chi connectivity index (χ1v) is 7.03. The van der Waals surface area contributed by atoms with Crippen LogP contribution in [-0.4, -0.2) is 27.9 Å². The Labute approximate surface area is 119 Å². The molecule has 1 N–H and O–H groups in total. The molecule has 2 atom stereocenters. The van der Waals surface area contributed by atoms with Gasteiger partial charge in [-0.05, 0) is 18.6 Å². The topological polar surface area (TPSA) is 52.0 Å². The molecule has 0 spiro atoms. The molecular weight excluding hydrogens is 252 g/mol. The Hall–Kier alpha value is -1.72. The van der Waals surface area contributed by atoms with Crippen molar-refractivity contribution in [3.63, 3.8) is 0 Å². The fourth-order valence-electron chi connectivity index (χ4n) is 2.69. The molecule has 0 bridgehead atoms. The van der Waals surface area contributed by atoms with E-state index in [1.807, 2.05) is 48.5 Å². The third kappa shape index (κ3) is 3.05. The highest BCUT2D eigenvalue weighted by atomic mass is 16.5. The lowest BCUT2D eigenvalue weighted by molar-refractivity contribution is 0.0904. The monoisotopic (exact) mass is 272 g/mol. The molecule has 20 heavy (non-hydrogen) atoms. The van der Waals surface area contributed by atoms with Crippen LogP contribution in [-0.2, 0) is 18.3 Å². The highest BCUT2D eigenvalue weighted by Gasteiger charge is 2.30. The highest BCUT2D eigenvalue weighted by Crippen LogP contribution is 2.33. The second kappa shape index (κ2) is 6.15. The van der Waals surface area contributed by atoms with E-state index in [1.54, 1.807) is 0 Å². The Morgan fingerprint density at radius 1 is 1.45 bits per heavy atom. The third-order valence-electron chi connectivity index (χ3n) is 3.71. The van der Waals surface area contributed by atoms with Crippen molar-refractivity contribution < 1.29 is 4.74 Å². The van der Waals surface area contributed by atoms with Crippen LogP contribution >= 0.6 is 0 Å².